The first-order valence-corrected chi connectivity index (χ1v) is 8.18. The number of pyridine rings is 1. The molecular weight excluding hydrogens is 342 g/mol. The van der Waals surface area contributed by atoms with Gasteiger partial charge in [-0.15, -0.1) is 0 Å². The maximum atomic E-state index is 12.3. The first-order chi connectivity index (χ1) is 9.54. The monoisotopic (exact) mass is 355 g/mol. The lowest BCUT2D eigenvalue weighted by atomic mass is 10.2. The van der Waals surface area contributed by atoms with Crippen LogP contribution in [0.15, 0.2) is 52.1 Å². The number of nitrogens with one attached hydrogen (secondary N) is 2. The molecule has 0 fully saturated rings. The summed E-state index contributed by atoms with van der Waals surface area (Å²) in [6, 6.07) is 10.8. The fraction of sp³-hybridized carbons (Fsp3) is 0.154. The van der Waals surface area contributed by atoms with Crippen LogP contribution >= 0.6 is 15.9 Å². The minimum Gasteiger partial charge on any atom is -0.386 e. The van der Waals surface area contributed by atoms with Gasteiger partial charge in [-0.05, 0) is 23.8 Å². The Kier molecular flexibility index (Phi) is 4.74. The van der Waals surface area contributed by atoms with Gasteiger partial charge < -0.3 is 5.32 Å². The summed E-state index contributed by atoms with van der Waals surface area (Å²) in [6.45, 7) is 0.198. The van der Waals surface area contributed by atoms with Gasteiger partial charge in [0.25, 0.3) is 10.0 Å². The molecule has 2 rings (SSSR count). The van der Waals surface area contributed by atoms with Crippen LogP contribution in [0.4, 0.5) is 5.69 Å². The summed E-state index contributed by atoms with van der Waals surface area (Å²) in [5.74, 6) is 0. The molecule has 1 aromatic carbocycles. The highest BCUT2D eigenvalue weighted by molar-refractivity contribution is 9.10. The van der Waals surface area contributed by atoms with Crippen molar-refractivity contribution in [3.05, 3.63) is 52.6 Å². The van der Waals surface area contributed by atoms with Crippen LogP contribution in [0.5, 0.6) is 0 Å². The molecule has 0 unspecified atom stereocenters. The highest BCUT2D eigenvalue weighted by atomic mass is 79.9. The highest BCUT2D eigenvalue weighted by Crippen LogP contribution is 2.19. The van der Waals surface area contributed by atoms with Crippen molar-refractivity contribution in [1.82, 2.24) is 9.71 Å². The SMILES string of the molecule is CNc1cccnc1S(=O)(=O)NCc1ccccc1Br. The van der Waals surface area contributed by atoms with Crippen molar-refractivity contribution in [2.45, 2.75) is 11.6 Å². The third-order valence-electron chi connectivity index (χ3n) is 2.71. The Hall–Kier alpha value is -1.44. The van der Waals surface area contributed by atoms with Crippen molar-refractivity contribution in [3.8, 4) is 0 Å². The van der Waals surface area contributed by atoms with E-state index >= 15 is 0 Å². The first-order valence-electron chi connectivity index (χ1n) is 5.90. The summed E-state index contributed by atoms with van der Waals surface area (Å²) in [5, 5.41) is 2.82. The van der Waals surface area contributed by atoms with E-state index in [1.807, 2.05) is 24.3 Å². The zero-order valence-corrected chi connectivity index (χ0v) is 13.2. The molecule has 20 heavy (non-hydrogen) atoms. The normalized spacial score (nSPS) is 11.3. The predicted octanol–water partition coefficient (Wildman–Crippen LogP) is 2.36. The van der Waals surface area contributed by atoms with E-state index in [1.54, 1.807) is 19.2 Å². The highest BCUT2D eigenvalue weighted by Gasteiger charge is 2.19. The lowest BCUT2D eigenvalue weighted by Crippen LogP contribution is -2.25. The Labute approximate surface area is 126 Å². The van der Waals surface area contributed by atoms with E-state index in [2.05, 4.69) is 31.0 Å². The van der Waals surface area contributed by atoms with Gasteiger partial charge in [0.05, 0.1) is 5.69 Å². The third-order valence-corrected chi connectivity index (χ3v) is 4.84. The third kappa shape index (κ3) is 3.36. The topological polar surface area (TPSA) is 71.1 Å². The van der Waals surface area contributed by atoms with E-state index in [1.165, 1.54) is 6.20 Å². The Morgan fingerprint density at radius 3 is 2.65 bits per heavy atom. The molecule has 0 radical (unpaired) electrons. The van der Waals surface area contributed by atoms with Gasteiger partial charge in [0.15, 0.2) is 5.03 Å². The maximum Gasteiger partial charge on any atom is 0.260 e. The van der Waals surface area contributed by atoms with Gasteiger partial charge in [-0.25, -0.2) is 18.1 Å². The van der Waals surface area contributed by atoms with Crippen LogP contribution in [0.3, 0.4) is 0 Å². The van der Waals surface area contributed by atoms with Crippen LogP contribution in [0, 0.1) is 0 Å². The zero-order valence-electron chi connectivity index (χ0n) is 10.8. The second kappa shape index (κ2) is 6.34. The maximum absolute atomic E-state index is 12.3. The molecule has 7 heteroatoms. The Morgan fingerprint density at radius 2 is 1.95 bits per heavy atom. The van der Waals surface area contributed by atoms with Crippen molar-refractivity contribution in [2.75, 3.05) is 12.4 Å². The van der Waals surface area contributed by atoms with Gasteiger partial charge in [-0.1, -0.05) is 34.1 Å². The summed E-state index contributed by atoms with van der Waals surface area (Å²) in [4.78, 5) is 3.93. The number of aromatic nitrogens is 1. The van der Waals surface area contributed by atoms with Gasteiger partial charge in [-0.3, -0.25) is 0 Å². The number of halogens is 1. The summed E-state index contributed by atoms with van der Waals surface area (Å²) in [5.41, 5.74) is 1.32. The van der Waals surface area contributed by atoms with Gasteiger partial charge in [-0.2, -0.15) is 0 Å². The number of benzene rings is 1. The average Bonchev–Trinajstić information content (AvgIpc) is 2.46. The van der Waals surface area contributed by atoms with Crippen LogP contribution < -0.4 is 10.0 Å². The van der Waals surface area contributed by atoms with E-state index in [4.69, 9.17) is 0 Å². The first kappa shape index (κ1) is 15.0. The summed E-state index contributed by atoms with van der Waals surface area (Å²) in [7, 11) is -2.01. The Balaban J connectivity index is 2.22. The summed E-state index contributed by atoms with van der Waals surface area (Å²) in [6.07, 6.45) is 1.45. The molecule has 2 N–H and O–H groups in total. The molecule has 2 aromatic rings. The van der Waals surface area contributed by atoms with Crippen molar-refractivity contribution in [1.29, 1.82) is 0 Å². The summed E-state index contributed by atoms with van der Waals surface area (Å²) >= 11 is 3.39. The number of hydrogen-bond donors (Lipinski definition) is 2. The molecule has 0 bridgehead atoms. The summed E-state index contributed by atoms with van der Waals surface area (Å²) < 4.78 is 27.9. The molecule has 0 saturated heterocycles. The fourth-order valence-corrected chi connectivity index (χ4v) is 3.24. The number of anilines is 1. The molecule has 1 heterocycles. The molecule has 0 atom stereocenters. The minimum atomic E-state index is -3.66. The Morgan fingerprint density at radius 1 is 1.20 bits per heavy atom. The van der Waals surface area contributed by atoms with E-state index < -0.39 is 10.0 Å². The van der Waals surface area contributed by atoms with E-state index in [0.717, 1.165) is 10.0 Å². The number of rotatable bonds is 5. The van der Waals surface area contributed by atoms with Gasteiger partial charge >= 0.3 is 0 Å². The van der Waals surface area contributed by atoms with Crippen LogP contribution in [0.2, 0.25) is 0 Å². The largest absolute Gasteiger partial charge is 0.386 e. The zero-order chi connectivity index (χ0) is 14.6. The molecule has 0 saturated carbocycles. The smallest absolute Gasteiger partial charge is 0.260 e. The molecule has 5 nitrogen and oxygen atoms in total. The lowest BCUT2D eigenvalue weighted by Gasteiger charge is -2.10. The molecule has 0 aliphatic carbocycles. The van der Waals surface area contributed by atoms with Crippen LogP contribution in [0.25, 0.3) is 0 Å². The lowest BCUT2D eigenvalue weighted by molar-refractivity contribution is 0.578. The average molecular weight is 356 g/mol. The molecule has 106 valence electrons. The van der Waals surface area contributed by atoms with Crippen molar-refractivity contribution in [2.24, 2.45) is 0 Å². The molecule has 1 aromatic heterocycles. The van der Waals surface area contributed by atoms with E-state index in [0.29, 0.717) is 5.69 Å². The Bertz CT molecular complexity index is 704. The second-order valence-corrected chi connectivity index (χ2v) is 6.56. The molecule has 0 aliphatic rings. The molecule has 0 aliphatic heterocycles. The van der Waals surface area contributed by atoms with Gasteiger partial charge in [0.1, 0.15) is 0 Å². The van der Waals surface area contributed by atoms with E-state index in [9.17, 15) is 8.42 Å². The number of hydrogen-bond acceptors (Lipinski definition) is 4. The second-order valence-electron chi connectivity index (χ2n) is 4.02. The molecule has 0 spiro atoms. The van der Waals surface area contributed by atoms with Crippen LogP contribution in [0.1, 0.15) is 5.56 Å². The molecular formula is C13H14BrN3O2S. The predicted molar refractivity (Wildman–Crippen MR) is 82.0 cm³/mol. The van der Waals surface area contributed by atoms with Crippen LogP contribution in [-0.2, 0) is 16.6 Å². The van der Waals surface area contributed by atoms with Gasteiger partial charge in [0, 0.05) is 24.3 Å². The van der Waals surface area contributed by atoms with Crippen molar-refractivity contribution < 1.29 is 8.42 Å². The fourth-order valence-electron chi connectivity index (χ4n) is 1.68. The van der Waals surface area contributed by atoms with Crippen molar-refractivity contribution >= 4 is 31.6 Å². The van der Waals surface area contributed by atoms with Crippen LogP contribution in [-0.4, -0.2) is 20.4 Å². The van der Waals surface area contributed by atoms with E-state index in [-0.39, 0.29) is 11.6 Å². The molecule has 0 amide bonds. The quantitative estimate of drug-likeness (QED) is 0.863. The number of sulfonamides is 1. The number of nitrogens with zero attached hydrogens (tertiary/aromatic N) is 1. The minimum absolute atomic E-state index is 0.00504. The standard InChI is InChI=1S/C13H14BrN3O2S/c1-15-12-7-4-8-16-13(12)20(18,19)17-9-10-5-2-3-6-11(10)14/h2-8,15,17H,9H2,1H3. The van der Waals surface area contributed by atoms with Gasteiger partial charge in [0.2, 0.25) is 0 Å². The van der Waals surface area contributed by atoms with Crippen molar-refractivity contribution in [3.63, 3.8) is 0 Å².